The molecule has 0 saturated heterocycles. The molecule has 6 heteroatoms. The van der Waals surface area contributed by atoms with Gasteiger partial charge in [0.2, 0.25) is 0 Å². The molecule has 0 saturated carbocycles. The predicted octanol–water partition coefficient (Wildman–Crippen LogP) is 1.75. The van der Waals surface area contributed by atoms with Crippen molar-refractivity contribution in [3.63, 3.8) is 0 Å². The van der Waals surface area contributed by atoms with Gasteiger partial charge in [-0.2, -0.15) is 14.7 Å². The first-order valence-electron chi connectivity index (χ1n) is 3.29. The maximum absolute atomic E-state index is 8.86. The van der Waals surface area contributed by atoms with Crippen LogP contribution >= 0.6 is 31.8 Å². The molecule has 0 heterocycles. The summed E-state index contributed by atoms with van der Waals surface area (Å²) in [5, 5.41) is 0.518. The number of halogens is 1. The fraction of sp³-hybridized carbons (Fsp3) is 0. The van der Waals surface area contributed by atoms with E-state index in [0.29, 0.717) is 10.6 Å². The van der Waals surface area contributed by atoms with Gasteiger partial charge < -0.3 is 0 Å². The van der Waals surface area contributed by atoms with Crippen LogP contribution in [0.4, 0.5) is 0 Å². The first-order chi connectivity index (χ1) is 5.91. The van der Waals surface area contributed by atoms with Crippen molar-refractivity contribution in [3.05, 3.63) is 34.9 Å². The van der Waals surface area contributed by atoms with Crippen molar-refractivity contribution in [2.45, 2.75) is 0 Å². The number of benzene rings is 1. The second-order valence-electron chi connectivity index (χ2n) is 2.38. The Hall–Kier alpha value is -0.0900. The average molecular weight is 238 g/mol. The Morgan fingerprint density at radius 3 is 2.00 bits per heavy atom. The molecule has 13 heavy (non-hydrogen) atoms. The van der Waals surface area contributed by atoms with Gasteiger partial charge in [-0.05, 0) is 36.5 Å². The van der Waals surface area contributed by atoms with E-state index in [1.807, 2.05) is 0 Å². The number of rotatable bonds is 2. The maximum atomic E-state index is 8.86. The Morgan fingerprint density at radius 2 is 1.62 bits per heavy atom. The SMILES string of the molecule is O[P+](O)(O)C(=S)c1ccc(Cl)cc1. The summed E-state index contributed by atoms with van der Waals surface area (Å²) in [7, 11) is -4.06. The minimum atomic E-state index is -4.06. The van der Waals surface area contributed by atoms with E-state index in [0.717, 1.165) is 0 Å². The summed E-state index contributed by atoms with van der Waals surface area (Å²) >= 11 is 10.3. The van der Waals surface area contributed by atoms with Crippen LogP contribution in [0.5, 0.6) is 0 Å². The van der Waals surface area contributed by atoms with E-state index in [2.05, 4.69) is 12.2 Å². The average Bonchev–Trinajstić information content (AvgIpc) is 2.03. The summed E-state index contributed by atoms with van der Waals surface area (Å²) in [6.45, 7) is 0. The van der Waals surface area contributed by atoms with E-state index in [1.165, 1.54) is 12.1 Å². The topological polar surface area (TPSA) is 60.7 Å². The van der Waals surface area contributed by atoms with Gasteiger partial charge in [0.05, 0.1) is 0 Å². The van der Waals surface area contributed by atoms with Gasteiger partial charge in [-0.25, -0.2) is 0 Å². The summed E-state index contributed by atoms with van der Waals surface area (Å²) in [5.74, 6) is 0. The molecule has 1 aromatic rings. The highest BCUT2D eigenvalue weighted by atomic mass is 35.5. The van der Waals surface area contributed by atoms with E-state index in [9.17, 15) is 0 Å². The Balaban J connectivity index is 2.97. The maximum Gasteiger partial charge on any atom is 0.453 e. The zero-order valence-corrected chi connectivity index (χ0v) is 8.85. The van der Waals surface area contributed by atoms with Crippen molar-refractivity contribution in [1.29, 1.82) is 0 Å². The number of hydrogen-bond acceptors (Lipinski definition) is 4. The minimum absolute atomic E-state index is 0.246. The van der Waals surface area contributed by atoms with Crippen molar-refractivity contribution in [2.75, 3.05) is 0 Å². The Morgan fingerprint density at radius 1 is 1.15 bits per heavy atom. The molecule has 1 aromatic carbocycles. The third-order valence-corrected chi connectivity index (χ3v) is 3.39. The molecule has 1 rings (SSSR count). The van der Waals surface area contributed by atoms with Crippen LogP contribution in [0.15, 0.2) is 24.3 Å². The number of thiocarbonyl (C=S) groups is 1. The highest BCUT2D eigenvalue weighted by molar-refractivity contribution is 8.00. The first-order valence-corrected chi connectivity index (χ1v) is 5.72. The van der Waals surface area contributed by atoms with Gasteiger partial charge in [0.15, 0.2) is 0 Å². The molecule has 0 atom stereocenters. The van der Waals surface area contributed by atoms with Crippen molar-refractivity contribution in [3.8, 4) is 0 Å². The molecule has 0 bridgehead atoms. The molecule has 0 unspecified atom stereocenters. The fourth-order valence-electron chi connectivity index (χ4n) is 0.766. The summed E-state index contributed by atoms with van der Waals surface area (Å²) in [4.78, 5) is 26.6. The molecule has 0 aromatic heterocycles. The van der Waals surface area contributed by atoms with Crippen molar-refractivity contribution >= 4 is 36.4 Å². The Labute approximate surface area is 86.2 Å². The monoisotopic (exact) mass is 237 g/mol. The van der Waals surface area contributed by atoms with E-state index >= 15 is 0 Å². The third kappa shape index (κ3) is 2.95. The Kier molecular flexibility index (Phi) is 3.35. The van der Waals surface area contributed by atoms with Crippen LogP contribution in [0.25, 0.3) is 0 Å². The molecule has 0 aliphatic carbocycles. The van der Waals surface area contributed by atoms with Gasteiger partial charge in [0.1, 0.15) is 0 Å². The molecule has 0 radical (unpaired) electrons. The largest absolute Gasteiger partial charge is 0.453 e. The minimum Gasteiger partial charge on any atom is -0.188 e. The lowest BCUT2D eigenvalue weighted by atomic mass is 10.2. The molecule has 3 nitrogen and oxygen atoms in total. The lowest BCUT2D eigenvalue weighted by Gasteiger charge is -2.04. The van der Waals surface area contributed by atoms with E-state index < -0.39 is 7.94 Å². The number of hydrogen-bond donors (Lipinski definition) is 3. The Bertz CT molecular complexity index is 320. The second-order valence-corrected chi connectivity index (χ2v) is 5.11. The van der Waals surface area contributed by atoms with Gasteiger partial charge in [-0.3, -0.25) is 0 Å². The predicted molar refractivity (Wildman–Crippen MR) is 56.7 cm³/mol. The quantitative estimate of drug-likeness (QED) is 0.542. The molecular weight excluding hydrogens is 231 g/mol. The molecule has 0 amide bonds. The third-order valence-electron chi connectivity index (χ3n) is 1.36. The van der Waals surface area contributed by atoms with Crippen molar-refractivity contribution < 1.29 is 14.7 Å². The van der Waals surface area contributed by atoms with E-state index in [4.69, 9.17) is 26.3 Å². The van der Waals surface area contributed by atoms with Crippen LogP contribution in [0.3, 0.4) is 0 Å². The van der Waals surface area contributed by atoms with Crippen LogP contribution in [0.2, 0.25) is 5.02 Å². The summed E-state index contributed by atoms with van der Waals surface area (Å²) in [5.41, 5.74) is 0.389. The van der Waals surface area contributed by atoms with Gasteiger partial charge in [0.25, 0.3) is 4.61 Å². The standard InChI is InChI=1S/C7H7ClO3PS/c8-6-3-1-5(2-4-6)7(13)12(9,10)11/h1-4,9-11H/q+1. The molecule has 0 spiro atoms. The zero-order valence-electron chi connectivity index (χ0n) is 6.38. The lowest BCUT2D eigenvalue weighted by molar-refractivity contribution is 0.352. The van der Waals surface area contributed by atoms with Crippen LogP contribution < -0.4 is 0 Å². The molecule has 70 valence electrons. The fourth-order valence-corrected chi connectivity index (χ4v) is 1.52. The van der Waals surface area contributed by atoms with Crippen LogP contribution in [0.1, 0.15) is 5.56 Å². The highest BCUT2D eigenvalue weighted by Gasteiger charge is 2.38. The molecule has 0 aliphatic heterocycles. The molecule has 0 aliphatic rings. The highest BCUT2D eigenvalue weighted by Crippen LogP contribution is 2.48. The second kappa shape index (κ2) is 3.96. The summed E-state index contributed by atoms with van der Waals surface area (Å²) in [6, 6.07) is 6.14. The molecule has 0 fully saturated rings. The van der Waals surface area contributed by atoms with Gasteiger partial charge >= 0.3 is 7.94 Å². The first kappa shape index (κ1) is 11.0. The van der Waals surface area contributed by atoms with Crippen LogP contribution in [-0.4, -0.2) is 19.3 Å². The summed E-state index contributed by atoms with van der Waals surface area (Å²) in [6.07, 6.45) is 0. The van der Waals surface area contributed by atoms with Gasteiger partial charge in [-0.1, -0.05) is 11.6 Å². The van der Waals surface area contributed by atoms with Gasteiger partial charge in [-0.15, -0.1) is 0 Å². The van der Waals surface area contributed by atoms with E-state index in [-0.39, 0.29) is 4.61 Å². The van der Waals surface area contributed by atoms with Crippen LogP contribution in [0, 0.1) is 0 Å². The van der Waals surface area contributed by atoms with Crippen LogP contribution in [-0.2, 0) is 0 Å². The molecular formula is C7H7ClO3PS+. The van der Waals surface area contributed by atoms with Crippen molar-refractivity contribution in [2.24, 2.45) is 0 Å². The lowest BCUT2D eigenvalue weighted by Crippen LogP contribution is -2.03. The smallest absolute Gasteiger partial charge is 0.188 e. The zero-order chi connectivity index (χ0) is 10.1. The van der Waals surface area contributed by atoms with Crippen molar-refractivity contribution in [1.82, 2.24) is 0 Å². The van der Waals surface area contributed by atoms with E-state index in [1.54, 1.807) is 12.1 Å². The van der Waals surface area contributed by atoms with Gasteiger partial charge in [0, 0.05) is 10.6 Å². The molecule has 3 N–H and O–H groups in total. The summed E-state index contributed by atoms with van der Waals surface area (Å²) < 4.78 is -0.246. The normalized spacial score (nSPS) is 11.4.